The van der Waals surface area contributed by atoms with Crippen molar-refractivity contribution in [3.8, 4) is 0 Å². The summed E-state index contributed by atoms with van der Waals surface area (Å²) in [6.07, 6.45) is 1.41. The van der Waals surface area contributed by atoms with E-state index in [4.69, 9.17) is 0 Å². The Morgan fingerprint density at radius 1 is 1.19 bits per heavy atom. The van der Waals surface area contributed by atoms with E-state index in [1.54, 1.807) is 0 Å². The Morgan fingerprint density at radius 2 is 1.81 bits per heavy atom. The van der Waals surface area contributed by atoms with Crippen LogP contribution in [0.15, 0.2) is 18.2 Å². The average molecular weight is 298 g/mol. The van der Waals surface area contributed by atoms with E-state index < -0.39 is 0 Å². The number of benzene rings is 1. The molecule has 0 bridgehead atoms. The fourth-order valence-corrected chi connectivity index (χ4v) is 3.19. The van der Waals surface area contributed by atoms with Crippen LogP contribution < -0.4 is 5.32 Å². The largest absolute Gasteiger partial charge is 0.315 e. The predicted octanol–water partition coefficient (Wildman–Crippen LogP) is 3.61. The third-order valence-electron chi connectivity index (χ3n) is 4.73. The Bertz CT molecular complexity index is 446. The summed E-state index contributed by atoms with van der Waals surface area (Å²) in [5.74, 6) is -0.725. The van der Waals surface area contributed by atoms with Crippen LogP contribution in [-0.2, 0) is 6.42 Å². The van der Waals surface area contributed by atoms with Crippen LogP contribution in [0.2, 0.25) is 0 Å². The van der Waals surface area contributed by atoms with E-state index in [1.807, 2.05) is 7.05 Å². The van der Waals surface area contributed by atoms with Crippen molar-refractivity contribution in [3.63, 3.8) is 0 Å². The van der Waals surface area contributed by atoms with Gasteiger partial charge in [-0.1, -0.05) is 20.8 Å². The third kappa shape index (κ3) is 4.01. The van der Waals surface area contributed by atoms with Crippen molar-refractivity contribution in [1.29, 1.82) is 0 Å². The Labute approximate surface area is 127 Å². The average Bonchev–Trinajstić information content (AvgIpc) is 2.48. The highest BCUT2D eigenvalue weighted by Gasteiger charge is 2.36. The standard InChI is InChI=1S/C17H28F2N2/c1-6-17(4,21(7-2)8-3)16(20-5)12-13-11-14(18)9-10-15(13)19/h9-11,16,20H,6-8,12H2,1-5H3. The van der Waals surface area contributed by atoms with Gasteiger partial charge in [0.2, 0.25) is 0 Å². The van der Waals surface area contributed by atoms with Crippen LogP contribution >= 0.6 is 0 Å². The van der Waals surface area contributed by atoms with Gasteiger partial charge in [-0.3, -0.25) is 4.90 Å². The van der Waals surface area contributed by atoms with Crippen LogP contribution in [0, 0.1) is 11.6 Å². The fourth-order valence-electron chi connectivity index (χ4n) is 3.19. The summed E-state index contributed by atoms with van der Waals surface area (Å²) < 4.78 is 27.3. The first-order valence-corrected chi connectivity index (χ1v) is 7.79. The van der Waals surface area contributed by atoms with Crippen molar-refractivity contribution < 1.29 is 8.78 Å². The quantitative estimate of drug-likeness (QED) is 0.789. The number of hydrogen-bond donors (Lipinski definition) is 1. The zero-order chi connectivity index (χ0) is 16.0. The van der Waals surface area contributed by atoms with Crippen LogP contribution in [0.5, 0.6) is 0 Å². The molecule has 0 aliphatic heterocycles. The molecule has 0 amide bonds. The molecule has 0 radical (unpaired) electrons. The summed E-state index contributed by atoms with van der Waals surface area (Å²) in [6, 6.07) is 3.73. The molecule has 0 spiro atoms. The second-order valence-electron chi connectivity index (χ2n) is 5.66. The van der Waals surface area contributed by atoms with E-state index in [1.165, 1.54) is 12.1 Å². The van der Waals surface area contributed by atoms with Gasteiger partial charge in [-0.2, -0.15) is 0 Å². The molecular formula is C17H28F2N2. The van der Waals surface area contributed by atoms with Crippen molar-refractivity contribution >= 4 is 0 Å². The van der Waals surface area contributed by atoms with Crippen molar-refractivity contribution in [2.45, 2.75) is 52.1 Å². The molecular weight excluding hydrogens is 270 g/mol. The summed E-state index contributed by atoms with van der Waals surface area (Å²) >= 11 is 0. The van der Waals surface area contributed by atoms with Crippen LogP contribution in [-0.4, -0.2) is 36.6 Å². The summed E-state index contributed by atoms with van der Waals surface area (Å²) in [5, 5.41) is 3.31. The number of likely N-dealkylation sites (N-methyl/N-ethyl adjacent to an activating group) is 2. The van der Waals surface area contributed by atoms with E-state index in [2.05, 4.69) is 37.9 Å². The topological polar surface area (TPSA) is 15.3 Å². The van der Waals surface area contributed by atoms with Crippen LogP contribution in [0.4, 0.5) is 8.78 Å². The molecule has 4 heteroatoms. The van der Waals surface area contributed by atoms with Gasteiger partial charge in [0, 0.05) is 11.6 Å². The Morgan fingerprint density at radius 3 is 2.29 bits per heavy atom. The van der Waals surface area contributed by atoms with Gasteiger partial charge in [0.05, 0.1) is 0 Å². The highest BCUT2D eigenvalue weighted by Crippen LogP contribution is 2.26. The lowest BCUT2D eigenvalue weighted by Gasteiger charge is -2.46. The monoisotopic (exact) mass is 298 g/mol. The molecule has 1 N–H and O–H groups in total. The van der Waals surface area contributed by atoms with Crippen molar-refractivity contribution in [3.05, 3.63) is 35.4 Å². The van der Waals surface area contributed by atoms with Gasteiger partial charge < -0.3 is 5.32 Å². The van der Waals surface area contributed by atoms with Gasteiger partial charge in [-0.05, 0) is 63.7 Å². The molecule has 21 heavy (non-hydrogen) atoms. The van der Waals surface area contributed by atoms with Crippen LogP contribution in [0.1, 0.15) is 39.7 Å². The maximum atomic E-state index is 13.9. The molecule has 0 saturated carbocycles. The van der Waals surface area contributed by atoms with E-state index in [0.717, 1.165) is 25.6 Å². The maximum absolute atomic E-state index is 13.9. The molecule has 120 valence electrons. The van der Waals surface area contributed by atoms with Gasteiger partial charge in [0.1, 0.15) is 11.6 Å². The van der Waals surface area contributed by atoms with Gasteiger partial charge >= 0.3 is 0 Å². The zero-order valence-electron chi connectivity index (χ0n) is 13.8. The molecule has 1 aromatic rings. The molecule has 0 aromatic heterocycles. The summed E-state index contributed by atoms with van der Waals surface area (Å²) in [5.41, 5.74) is 0.331. The van der Waals surface area contributed by atoms with Gasteiger partial charge in [0.25, 0.3) is 0 Å². The molecule has 0 aliphatic rings. The minimum absolute atomic E-state index is 0.0544. The first kappa shape index (κ1) is 18.1. The van der Waals surface area contributed by atoms with E-state index in [9.17, 15) is 8.78 Å². The Balaban J connectivity index is 3.07. The minimum atomic E-state index is -0.387. The highest BCUT2D eigenvalue weighted by molar-refractivity contribution is 5.21. The first-order valence-electron chi connectivity index (χ1n) is 7.79. The highest BCUT2D eigenvalue weighted by atomic mass is 19.1. The fraction of sp³-hybridized carbons (Fsp3) is 0.647. The number of halogens is 2. The minimum Gasteiger partial charge on any atom is -0.315 e. The Hall–Kier alpha value is -1.00. The second kappa shape index (κ2) is 7.85. The second-order valence-corrected chi connectivity index (χ2v) is 5.66. The molecule has 0 saturated heterocycles. The van der Waals surface area contributed by atoms with Gasteiger partial charge in [0.15, 0.2) is 0 Å². The molecule has 1 rings (SSSR count). The number of rotatable bonds is 8. The number of hydrogen-bond acceptors (Lipinski definition) is 2. The number of nitrogens with zero attached hydrogens (tertiary/aromatic N) is 1. The number of nitrogens with one attached hydrogen (secondary N) is 1. The van der Waals surface area contributed by atoms with Crippen molar-refractivity contribution in [2.75, 3.05) is 20.1 Å². The maximum Gasteiger partial charge on any atom is 0.126 e. The summed E-state index contributed by atoms with van der Waals surface area (Å²) in [7, 11) is 1.89. The van der Waals surface area contributed by atoms with E-state index in [0.29, 0.717) is 12.0 Å². The first-order chi connectivity index (χ1) is 9.92. The lowest BCUT2D eigenvalue weighted by Crippen LogP contribution is -2.59. The molecule has 2 nitrogen and oxygen atoms in total. The van der Waals surface area contributed by atoms with Gasteiger partial charge in [-0.25, -0.2) is 8.78 Å². The normalized spacial score (nSPS) is 16.0. The third-order valence-corrected chi connectivity index (χ3v) is 4.73. The summed E-state index contributed by atoms with van der Waals surface area (Å²) in [6.45, 7) is 10.5. The van der Waals surface area contributed by atoms with Crippen LogP contribution in [0.3, 0.4) is 0 Å². The SMILES string of the molecule is CCN(CC)C(C)(CC)C(Cc1cc(F)ccc1F)NC. The molecule has 0 heterocycles. The molecule has 0 fully saturated rings. The van der Waals surface area contributed by atoms with Crippen molar-refractivity contribution in [2.24, 2.45) is 0 Å². The molecule has 1 aromatic carbocycles. The van der Waals surface area contributed by atoms with Gasteiger partial charge in [-0.15, -0.1) is 0 Å². The lowest BCUT2D eigenvalue weighted by molar-refractivity contribution is 0.0727. The van der Waals surface area contributed by atoms with Crippen LogP contribution in [0.25, 0.3) is 0 Å². The molecule has 2 atom stereocenters. The van der Waals surface area contributed by atoms with E-state index in [-0.39, 0.29) is 23.2 Å². The summed E-state index contributed by atoms with van der Waals surface area (Å²) in [4.78, 5) is 2.38. The molecule has 0 aliphatic carbocycles. The smallest absolute Gasteiger partial charge is 0.126 e. The van der Waals surface area contributed by atoms with E-state index >= 15 is 0 Å². The lowest BCUT2D eigenvalue weighted by atomic mass is 9.83. The molecule has 2 unspecified atom stereocenters. The van der Waals surface area contributed by atoms with Crippen molar-refractivity contribution in [1.82, 2.24) is 10.2 Å². The zero-order valence-corrected chi connectivity index (χ0v) is 13.8. The predicted molar refractivity (Wildman–Crippen MR) is 84.5 cm³/mol. The Kier molecular flexibility index (Phi) is 6.75.